The fourth-order valence-corrected chi connectivity index (χ4v) is 5.10. The first kappa shape index (κ1) is 21.4. The van der Waals surface area contributed by atoms with Gasteiger partial charge in [0.05, 0.1) is 4.90 Å². The Balaban J connectivity index is 1.51. The molecule has 0 aliphatic carbocycles. The molecular formula is C21H26FN3O3S. The number of benzene rings is 2. The van der Waals surface area contributed by atoms with E-state index < -0.39 is 15.8 Å². The molecule has 6 nitrogen and oxygen atoms in total. The van der Waals surface area contributed by atoms with Crippen LogP contribution in [0, 0.1) is 19.7 Å². The van der Waals surface area contributed by atoms with Gasteiger partial charge in [0.1, 0.15) is 5.82 Å². The third-order valence-corrected chi connectivity index (χ3v) is 7.10. The summed E-state index contributed by atoms with van der Waals surface area (Å²) in [6, 6.07) is 11.2. The molecule has 1 amide bonds. The molecule has 0 spiro atoms. The molecule has 29 heavy (non-hydrogen) atoms. The summed E-state index contributed by atoms with van der Waals surface area (Å²) in [5, 5.41) is 2.68. The zero-order valence-electron chi connectivity index (χ0n) is 16.7. The number of sulfonamides is 1. The lowest BCUT2D eigenvalue weighted by atomic mass is 10.2. The lowest BCUT2D eigenvalue weighted by Gasteiger charge is -2.34. The Morgan fingerprint density at radius 2 is 1.79 bits per heavy atom. The van der Waals surface area contributed by atoms with E-state index in [0.29, 0.717) is 43.3 Å². The van der Waals surface area contributed by atoms with Gasteiger partial charge in [-0.15, -0.1) is 0 Å². The van der Waals surface area contributed by atoms with Crippen LogP contribution in [0.15, 0.2) is 47.4 Å². The molecule has 8 heteroatoms. The Bertz CT molecular complexity index is 986. The highest BCUT2D eigenvalue weighted by atomic mass is 32.2. The molecular weight excluding hydrogens is 393 g/mol. The van der Waals surface area contributed by atoms with Crippen molar-refractivity contribution in [3.63, 3.8) is 0 Å². The lowest BCUT2D eigenvalue weighted by molar-refractivity contribution is -0.116. The number of anilines is 1. The van der Waals surface area contributed by atoms with Gasteiger partial charge in [0.25, 0.3) is 0 Å². The second-order valence-corrected chi connectivity index (χ2v) is 9.23. The SMILES string of the molecule is Cc1ccc(C)c(S(=O)(=O)N2CCN(CCC(=O)Nc3cccc(F)c3)CC2)c1. The van der Waals surface area contributed by atoms with Crippen molar-refractivity contribution in [1.29, 1.82) is 0 Å². The lowest BCUT2D eigenvalue weighted by Crippen LogP contribution is -2.49. The predicted octanol–water partition coefficient (Wildman–Crippen LogP) is 2.78. The summed E-state index contributed by atoms with van der Waals surface area (Å²) in [6.07, 6.45) is 0.264. The van der Waals surface area contributed by atoms with Crippen LogP contribution in [0.1, 0.15) is 17.5 Å². The molecule has 0 bridgehead atoms. The monoisotopic (exact) mass is 419 g/mol. The van der Waals surface area contributed by atoms with E-state index in [1.54, 1.807) is 25.1 Å². The molecule has 3 rings (SSSR count). The molecule has 2 aromatic carbocycles. The summed E-state index contributed by atoms with van der Waals surface area (Å²) in [7, 11) is -3.52. The van der Waals surface area contributed by atoms with E-state index in [0.717, 1.165) is 11.1 Å². The van der Waals surface area contributed by atoms with Crippen LogP contribution in [0.3, 0.4) is 0 Å². The Hall–Kier alpha value is -2.29. The second-order valence-electron chi connectivity index (χ2n) is 7.32. The number of rotatable bonds is 6. The summed E-state index contributed by atoms with van der Waals surface area (Å²) >= 11 is 0. The molecule has 1 saturated heterocycles. The topological polar surface area (TPSA) is 69.7 Å². The molecule has 0 unspecified atom stereocenters. The Morgan fingerprint density at radius 1 is 1.07 bits per heavy atom. The largest absolute Gasteiger partial charge is 0.326 e. The van der Waals surface area contributed by atoms with Crippen LogP contribution in [-0.4, -0.2) is 56.3 Å². The van der Waals surface area contributed by atoms with E-state index in [1.165, 1.54) is 16.4 Å². The smallest absolute Gasteiger partial charge is 0.243 e. The maximum Gasteiger partial charge on any atom is 0.243 e. The van der Waals surface area contributed by atoms with E-state index in [1.807, 2.05) is 19.1 Å². The molecule has 1 aliphatic heterocycles. The number of hydrogen-bond donors (Lipinski definition) is 1. The average molecular weight is 420 g/mol. The summed E-state index contributed by atoms with van der Waals surface area (Å²) in [6.45, 7) is 6.13. The van der Waals surface area contributed by atoms with E-state index in [4.69, 9.17) is 0 Å². The van der Waals surface area contributed by atoms with Gasteiger partial charge in [-0.25, -0.2) is 12.8 Å². The molecule has 0 atom stereocenters. The number of aryl methyl sites for hydroxylation is 2. The van der Waals surface area contributed by atoms with Crippen LogP contribution in [0.4, 0.5) is 10.1 Å². The molecule has 1 heterocycles. The minimum atomic E-state index is -3.52. The van der Waals surface area contributed by atoms with Gasteiger partial charge in [-0.1, -0.05) is 18.2 Å². The zero-order chi connectivity index (χ0) is 21.0. The van der Waals surface area contributed by atoms with Crippen molar-refractivity contribution in [2.45, 2.75) is 25.2 Å². The van der Waals surface area contributed by atoms with Gasteiger partial charge in [0.15, 0.2) is 0 Å². The highest BCUT2D eigenvalue weighted by Crippen LogP contribution is 2.22. The van der Waals surface area contributed by atoms with Crippen molar-refractivity contribution in [3.8, 4) is 0 Å². The first-order valence-electron chi connectivity index (χ1n) is 9.61. The third kappa shape index (κ3) is 5.41. The highest BCUT2D eigenvalue weighted by molar-refractivity contribution is 7.89. The highest BCUT2D eigenvalue weighted by Gasteiger charge is 2.29. The van der Waals surface area contributed by atoms with Gasteiger partial charge in [-0.2, -0.15) is 4.31 Å². The Morgan fingerprint density at radius 3 is 2.48 bits per heavy atom. The summed E-state index contributed by atoms with van der Waals surface area (Å²) in [5.74, 6) is -0.593. The number of carbonyl (C=O) groups excluding carboxylic acids is 1. The standard InChI is InChI=1S/C21H26FN3O3S/c1-16-6-7-17(2)20(14-16)29(27,28)25-12-10-24(11-13-25)9-8-21(26)23-19-5-3-4-18(22)15-19/h3-7,14-15H,8-13H2,1-2H3,(H,23,26). The minimum Gasteiger partial charge on any atom is -0.326 e. The number of amides is 1. The number of piperazine rings is 1. The van der Waals surface area contributed by atoms with Crippen LogP contribution < -0.4 is 5.32 Å². The maximum absolute atomic E-state index is 13.2. The van der Waals surface area contributed by atoms with Crippen molar-refractivity contribution in [3.05, 3.63) is 59.4 Å². The fraction of sp³-hybridized carbons (Fsp3) is 0.381. The van der Waals surface area contributed by atoms with Gasteiger partial charge in [-0.05, 0) is 49.2 Å². The molecule has 0 aromatic heterocycles. The summed E-state index contributed by atoms with van der Waals surface area (Å²) in [4.78, 5) is 14.5. The van der Waals surface area contributed by atoms with Gasteiger partial charge in [0.2, 0.25) is 15.9 Å². The van der Waals surface area contributed by atoms with Gasteiger partial charge in [-0.3, -0.25) is 4.79 Å². The minimum absolute atomic E-state index is 0.193. The van der Waals surface area contributed by atoms with E-state index in [2.05, 4.69) is 10.2 Å². The first-order chi connectivity index (χ1) is 13.8. The fourth-order valence-electron chi connectivity index (χ4n) is 3.37. The molecule has 1 aliphatic rings. The number of nitrogens with zero attached hydrogens (tertiary/aromatic N) is 2. The molecule has 1 N–H and O–H groups in total. The van der Waals surface area contributed by atoms with Gasteiger partial charge >= 0.3 is 0 Å². The van der Waals surface area contributed by atoms with E-state index in [9.17, 15) is 17.6 Å². The second kappa shape index (κ2) is 9.02. The number of carbonyl (C=O) groups is 1. The molecule has 0 radical (unpaired) electrons. The number of hydrogen-bond acceptors (Lipinski definition) is 4. The Labute approximate surface area is 171 Å². The van der Waals surface area contributed by atoms with Gasteiger partial charge < -0.3 is 10.2 Å². The van der Waals surface area contributed by atoms with Crippen LogP contribution >= 0.6 is 0 Å². The summed E-state index contributed by atoms with van der Waals surface area (Å²) < 4.78 is 40.6. The van der Waals surface area contributed by atoms with E-state index in [-0.39, 0.29) is 12.3 Å². The molecule has 2 aromatic rings. The van der Waals surface area contributed by atoms with Crippen LogP contribution in [0.5, 0.6) is 0 Å². The third-order valence-electron chi connectivity index (χ3n) is 5.06. The van der Waals surface area contributed by atoms with E-state index >= 15 is 0 Å². The van der Waals surface area contributed by atoms with Crippen molar-refractivity contribution in [2.24, 2.45) is 0 Å². The zero-order valence-corrected chi connectivity index (χ0v) is 17.5. The normalized spacial score (nSPS) is 16.0. The van der Waals surface area contributed by atoms with Gasteiger partial charge in [0, 0.05) is 44.8 Å². The number of nitrogens with one attached hydrogen (secondary N) is 1. The first-order valence-corrected chi connectivity index (χ1v) is 11.0. The maximum atomic E-state index is 13.2. The van der Waals surface area contributed by atoms with Crippen molar-refractivity contribution in [1.82, 2.24) is 9.21 Å². The van der Waals surface area contributed by atoms with Crippen LogP contribution in [0.25, 0.3) is 0 Å². The molecule has 1 fully saturated rings. The molecule has 0 saturated carbocycles. The van der Waals surface area contributed by atoms with Crippen LogP contribution in [0.2, 0.25) is 0 Å². The average Bonchev–Trinajstić information content (AvgIpc) is 2.68. The summed E-state index contributed by atoms with van der Waals surface area (Å²) in [5.41, 5.74) is 2.09. The van der Waals surface area contributed by atoms with Crippen molar-refractivity contribution >= 4 is 21.6 Å². The predicted molar refractivity (Wildman–Crippen MR) is 111 cm³/mol. The quantitative estimate of drug-likeness (QED) is 0.782. The molecule has 156 valence electrons. The van der Waals surface area contributed by atoms with Crippen LogP contribution in [-0.2, 0) is 14.8 Å². The van der Waals surface area contributed by atoms with Crippen molar-refractivity contribution in [2.75, 3.05) is 38.0 Å². The Kier molecular flexibility index (Phi) is 6.66. The number of halogens is 1. The van der Waals surface area contributed by atoms with Crippen molar-refractivity contribution < 1.29 is 17.6 Å².